The first-order valence-electron chi connectivity index (χ1n) is 5.16. The first kappa shape index (κ1) is 16.6. The van der Waals surface area contributed by atoms with E-state index in [1.54, 1.807) is 11.0 Å². The minimum absolute atomic E-state index is 0.0445. The molecule has 1 aromatic carbocycles. The number of carbonyl (C=O) groups excluding carboxylic acids is 1. The second kappa shape index (κ2) is 8.00. The summed E-state index contributed by atoms with van der Waals surface area (Å²) in [6.07, 6.45) is 1.67. The van der Waals surface area contributed by atoms with E-state index >= 15 is 0 Å². The molecule has 98 valence electrons. The van der Waals surface area contributed by atoms with Crippen LogP contribution in [-0.2, 0) is 0 Å². The van der Waals surface area contributed by atoms with Crippen LogP contribution >= 0.6 is 67.8 Å². The molecule has 1 rings (SSSR count). The monoisotopic (exact) mass is 583 g/mol. The molecule has 0 saturated heterocycles. The molecule has 0 fully saturated rings. The van der Waals surface area contributed by atoms with Crippen molar-refractivity contribution in [1.82, 2.24) is 4.90 Å². The van der Waals surface area contributed by atoms with E-state index in [0.29, 0.717) is 18.7 Å². The maximum Gasteiger partial charge on any atom is 0.255 e. The Balaban J connectivity index is 3.11. The van der Waals surface area contributed by atoms with Crippen LogP contribution in [0.3, 0.4) is 0 Å². The van der Waals surface area contributed by atoms with Gasteiger partial charge in [-0.2, -0.15) is 0 Å². The fourth-order valence-corrected chi connectivity index (χ4v) is 3.82. The zero-order valence-corrected chi connectivity index (χ0v) is 16.0. The Labute approximate surface area is 147 Å². The first-order valence-corrected chi connectivity index (χ1v) is 8.40. The second-order valence-corrected chi connectivity index (χ2v) is 7.00. The van der Waals surface area contributed by atoms with Gasteiger partial charge in [-0.3, -0.25) is 4.79 Å². The number of benzene rings is 1. The van der Waals surface area contributed by atoms with Crippen molar-refractivity contribution in [1.29, 1.82) is 0 Å². The Morgan fingerprint density at radius 3 is 2.61 bits per heavy atom. The van der Waals surface area contributed by atoms with Crippen LogP contribution in [0.15, 0.2) is 24.8 Å². The maximum absolute atomic E-state index is 12.4. The Kier molecular flexibility index (Phi) is 7.39. The Morgan fingerprint density at radius 2 is 2.06 bits per heavy atom. The van der Waals surface area contributed by atoms with Crippen molar-refractivity contribution in [3.63, 3.8) is 0 Å². The van der Waals surface area contributed by atoms with E-state index in [1.165, 1.54) is 0 Å². The molecule has 0 bridgehead atoms. The minimum atomic E-state index is -0.0650. The van der Waals surface area contributed by atoms with E-state index in [-0.39, 0.29) is 12.5 Å². The zero-order valence-electron chi connectivity index (χ0n) is 9.50. The van der Waals surface area contributed by atoms with E-state index in [0.717, 1.165) is 10.7 Å². The third kappa shape index (κ3) is 4.30. The van der Waals surface area contributed by atoms with Gasteiger partial charge in [0.1, 0.15) is 0 Å². The summed E-state index contributed by atoms with van der Waals surface area (Å²) in [6.45, 7) is 4.36. The summed E-state index contributed by atoms with van der Waals surface area (Å²) < 4.78 is 3.04. The molecule has 0 aliphatic heterocycles. The van der Waals surface area contributed by atoms with Crippen molar-refractivity contribution in [3.05, 3.63) is 41.1 Å². The van der Waals surface area contributed by atoms with Crippen LogP contribution in [0.1, 0.15) is 10.4 Å². The standard InChI is InChI=1S/C12H12I3NO2/c1-2-3-16(4-5-17)12(18)9-6-8(13)7-10(14)11(9)15/h2,6-7,17H,1,3-5H2. The number of amides is 1. The Bertz CT molecular complexity index is 463. The number of hydrogen-bond donors (Lipinski definition) is 1. The van der Waals surface area contributed by atoms with Gasteiger partial charge in [-0.1, -0.05) is 6.08 Å². The number of aliphatic hydroxyl groups excluding tert-OH is 1. The molecule has 1 N–H and O–H groups in total. The molecule has 0 spiro atoms. The summed E-state index contributed by atoms with van der Waals surface area (Å²) in [5.74, 6) is -0.0650. The van der Waals surface area contributed by atoms with Crippen LogP contribution in [0.4, 0.5) is 0 Å². The number of hydrogen-bond acceptors (Lipinski definition) is 2. The van der Waals surface area contributed by atoms with Crippen molar-refractivity contribution >= 4 is 73.7 Å². The van der Waals surface area contributed by atoms with Crippen molar-refractivity contribution in [2.75, 3.05) is 19.7 Å². The highest BCUT2D eigenvalue weighted by Gasteiger charge is 2.18. The molecule has 1 amide bonds. The lowest BCUT2D eigenvalue weighted by Crippen LogP contribution is -2.34. The minimum Gasteiger partial charge on any atom is -0.395 e. The van der Waals surface area contributed by atoms with E-state index in [1.807, 2.05) is 12.1 Å². The number of rotatable bonds is 5. The van der Waals surface area contributed by atoms with E-state index in [9.17, 15) is 4.79 Å². The molecule has 18 heavy (non-hydrogen) atoms. The zero-order chi connectivity index (χ0) is 13.7. The van der Waals surface area contributed by atoms with Crippen molar-refractivity contribution in [3.8, 4) is 0 Å². The van der Waals surface area contributed by atoms with Gasteiger partial charge < -0.3 is 10.0 Å². The molecule has 0 radical (unpaired) electrons. The summed E-state index contributed by atoms with van der Waals surface area (Å²) in [6, 6.07) is 3.91. The second-order valence-electron chi connectivity index (χ2n) is 3.51. The highest BCUT2D eigenvalue weighted by atomic mass is 127. The van der Waals surface area contributed by atoms with Crippen LogP contribution in [-0.4, -0.2) is 35.6 Å². The molecule has 0 unspecified atom stereocenters. The highest BCUT2D eigenvalue weighted by molar-refractivity contribution is 14.1. The van der Waals surface area contributed by atoms with Gasteiger partial charge in [0.15, 0.2) is 0 Å². The number of halogens is 3. The molecule has 0 heterocycles. The van der Waals surface area contributed by atoms with Gasteiger partial charge in [-0.05, 0) is 79.9 Å². The fraction of sp³-hybridized carbons (Fsp3) is 0.250. The smallest absolute Gasteiger partial charge is 0.255 e. The largest absolute Gasteiger partial charge is 0.395 e. The molecule has 0 aliphatic rings. The van der Waals surface area contributed by atoms with Gasteiger partial charge in [0.05, 0.1) is 12.2 Å². The lowest BCUT2D eigenvalue weighted by Gasteiger charge is -2.21. The van der Waals surface area contributed by atoms with Gasteiger partial charge in [0.2, 0.25) is 0 Å². The van der Waals surface area contributed by atoms with E-state index in [2.05, 4.69) is 74.4 Å². The molecular weight excluding hydrogens is 571 g/mol. The predicted molar refractivity (Wildman–Crippen MR) is 97.8 cm³/mol. The summed E-state index contributed by atoms with van der Waals surface area (Å²) >= 11 is 6.60. The molecule has 0 aliphatic carbocycles. The lowest BCUT2D eigenvalue weighted by molar-refractivity contribution is 0.0741. The Morgan fingerprint density at radius 1 is 1.39 bits per heavy atom. The van der Waals surface area contributed by atoms with Crippen molar-refractivity contribution in [2.45, 2.75) is 0 Å². The number of nitrogens with zero attached hydrogens (tertiary/aromatic N) is 1. The van der Waals surface area contributed by atoms with E-state index in [4.69, 9.17) is 5.11 Å². The van der Waals surface area contributed by atoms with Crippen LogP contribution in [0.25, 0.3) is 0 Å². The molecule has 0 saturated carbocycles. The van der Waals surface area contributed by atoms with E-state index < -0.39 is 0 Å². The molecule has 3 nitrogen and oxygen atoms in total. The van der Waals surface area contributed by atoms with Gasteiger partial charge in [0, 0.05) is 23.8 Å². The summed E-state index contributed by atoms with van der Waals surface area (Å²) in [4.78, 5) is 14.0. The quantitative estimate of drug-likeness (QED) is 0.329. The van der Waals surface area contributed by atoms with Gasteiger partial charge in [-0.25, -0.2) is 0 Å². The first-order chi connectivity index (χ1) is 8.51. The van der Waals surface area contributed by atoms with Crippen molar-refractivity contribution < 1.29 is 9.90 Å². The third-order valence-corrected chi connectivity index (χ3v) is 5.90. The molecule has 0 atom stereocenters. The van der Waals surface area contributed by atoms with Gasteiger partial charge in [-0.15, -0.1) is 6.58 Å². The highest BCUT2D eigenvalue weighted by Crippen LogP contribution is 2.24. The van der Waals surface area contributed by atoms with Crippen LogP contribution in [0, 0.1) is 10.7 Å². The fourth-order valence-electron chi connectivity index (χ4n) is 1.43. The number of carbonyl (C=O) groups is 1. The van der Waals surface area contributed by atoms with Crippen LogP contribution in [0.2, 0.25) is 0 Å². The summed E-state index contributed by atoms with van der Waals surface area (Å²) in [5, 5.41) is 9.00. The summed E-state index contributed by atoms with van der Waals surface area (Å²) in [5.41, 5.74) is 0.683. The average Bonchev–Trinajstić information content (AvgIpc) is 2.32. The van der Waals surface area contributed by atoms with Crippen LogP contribution < -0.4 is 0 Å². The topological polar surface area (TPSA) is 40.5 Å². The predicted octanol–water partition coefficient (Wildman–Crippen LogP) is 3.12. The Hall–Kier alpha value is 0.580. The maximum atomic E-state index is 12.4. The van der Waals surface area contributed by atoms with Gasteiger partial charge >= 0.3 is 0 Å². The average molecular weight is 583 g/mol. The molecule has 6 heteroatoms. The number of aliphatic hydroxyl groups is 1. The van der Waals surface area contributed by atoms with Crippen molar-refractivity contribution in [2.24, 2.45) is 0 Å². The normalized spacial score (nSPS) is 10.2. The third-order valence-electron chi connectivity index (χ3n) is 2.23. The summed E-state index contributed by atoms with van der Waals surface area (Å²) in [7, 11) is 0. The molecule has 0 aromatic heterocycles. The van der Waals surface area contributed by atoms with Crippen LogP contribution in [0.5, 0.6) is 0 Å². The SMILES string of the molecule is C=CCN(CCO)C(=O)c1cc(I)cc(I)c1I. The molecule has 1 aromatic rings. The lowest BCUT2D eigenvalue weighted by atomic mass is 10.2. The van der Waals surface area contributed by atoms with Gasteiger partial charge in [0.25, 0.3) is 5.91 Å². The molecular formula is C12H12I3NO2.